The van der Waals surface area contributed by atoms with E-state index in [1.165, 1.54) is 44.6 Å². The third kappa shape index (κ3) is 12.7. The van der Waals surface area contributed by atoms with Gasteiger partial charge in [-0.15, -0.1) is 0 Å². The highest BCUT2D eigenvalue weighted by Crippen LogP contribution is 2.34. The van der Waals surface area contributed by atoms with Crippen LogP contribution in [0.15, 0.2) is 34.0 Å². The molecule has 3 aliphatic heterocycles. The average Bonchev–Trinajstić information content (AvgIpc) is 3.48. The highest BCUT2D eigenvalue weighted by molar-refractivity contribution is 5.87. The van der Waals surface area contributed by atoms with Gasteiger partial charge in [0.15, 0.2) is 18.8 Å². The van der Waals surface area contributed by atoms with E-state index in [0.29, 0.717) is 6.42 Å². The van der Waals surface area contributed by atoms with E-state index in [0.717, 1.165) is 49.4 Å². The zero-order valence-electron chi connectivity index (χ0n) is 33.0. The zero-order chi connectivity index (χ0) is 42.5. The third-order valence-corrected chi connectivity index (χ3v) is 10.8. The molecule has 20 nitrogen and oxygen atoms in total. The summed E-state index contributed by atoms with van der Waals surface area (Å²) in [5.74, 6) is -1.35. The Kier molecular flexibility index (Phi) is 18.9. The van der Waals surface area contributed by atoms with E-state index in [4.69, 9.17) is 18.9 Å². The van der Waals surface area contributed by atoms with Crippen LogP contribution in [0.3, 0.4) is 0 Å². The topological polar surface area (TPSA) is 312 Å². The van der Waals surface area contributed by atoms with Gasteiger partial charge in [-0.1, -0.05) is 70.8 Å². The van der Waals surface area contributed by atoms with Crippen molar-refractivity contribution >= 4 is 11.8 Å². The molecule has 3 fully saturated rings. The summed E-state index contributed by atoms with van der Waals surface area (Å²) < 4.78 is 24.1. The van der Waals surface area contributed by atoms with Gasteiger partial charge in [-0.25, -0.2) is 4.79 Å². The second-order valence-corrected chi connectivity index (χ2v) is 15.3. The summed E-state index contributed by atoms with van der Waals surface area (Å²) in [5, 5.41) is 91.4. The monoisotopic (exact) mass is 830 g/mol. The smallest absolute Gasteiger partial charge is 0.330 e. The van der Waals surface area contributed by atoms with E-state index in [2.05, 4.69) is 17.6 Å². The Hall–Kier alpha value is -3.12. The normalized spacial score (nSPS) is 34.6. The Morgan fingerprint density at radius 2 is 1.38 bits per heavy atom. The number of carbonyl (C=O) groups excluding carboxylic acids is 2. The van der Waals surface area contributed by atoms with Gasteiger partial charge < -0.3 is 70.4 Å². The lowest BCUT2D eigenvalue weighted by atomic mass is 9.91. The SMILES string of the molecule is CCCCCCCCCCCC/C=C/C(=O)N[C@H]1[C@H](O[C@H]2O[C@H](CO)[C@@H](O)[C@H](O)[C@H]2NC(C)=O)O[C@H](C[C@@H](O)[C@H]2O[C@@H](n3ccc(=O)[nH]c3=O)[C@H](O)[C@@H]2O)[C@H](O)[C@@H]1O. The number of hydrogen-bond acceptors (Lipinski definition) is 16. The van der Waals surface area contributed by atoms with Gasteiger partial charge in [0.05, 0.1) is 18.8 Å². The van der Waals surface area contributed by atoms with Gasteiger partial charge in [0.25, 0.3) is 5.56 Å². The van der Waals surface area contributed by atoms with Crippen LogP contribution in [0.25, 0.3) is 0 Å². The van der Waals surface area contributed by atoms with Gasteiger partial charge in [0.1, 0.15) is 60.9 Å². The molecule has 0 bridgehead atoms. The lowest BCUT2D eigenvalue weighted by Gasteiger charge is -2.47. The number of allylic oxidation sites excluding steroid dienone is 1. The predicted octanol–water partition coefficient (Wildman–Crippen LogP) is -2.33. The van der Waals surface area contributed by atoms with Gasteiger partial charge in [0.2, 0.25) is 11.8 Å². The number of aromatic nitrogens is 2. The first kappa shape index (κ1) is 47.6. The van der Waals surface area contributed by atoms with Crippen molar-refractivity contribution in [2.24, 2.45) is 0 Å². The summed E-state index contributed by atoms with van der Waals surface area (Å²) in [4.78, 5) is 51.1. The molecule has 4 heterocycles. The number of rotatable bonds is 21. The molecule has 3 saturated heterocycles. The van der Waals surface area contributed by atoms with Crippen LogP contribution in [0.2, 0.25) is 0 Å². The first-order valence-electron chi connectivity index (χ1n) is 20.2. The molecule has 0 aromatic carbocycles. The van der Waals surface area contributed by atoms with E-state index in [-0.39, 0.29) is 0 Å². The van der Waals surface area contributed by atoms with Gasteiger partial charge in [-0.2, -0.15) is 0 Å². The van der Waals surface area contributed by atoms with Crippen molar-refractivity contribution in [3.8, 4) is 0 Å². The summed E-state index contributed by atoms with van der Waals surface area (Å²) in [6.07, 6.45) is -6.36. The molecule has 0 saturated carbocycles. The maximum atomic E-state index is 13.1. The third-order valence-electron chi connectivity index (χ3n) is 10.8. The first-order valence-corrected chi connectivity index (χ1v) is 20.2. The highest BCUT2D eigenvalue weighted by atomic mass is 16.8. The Balaban J connectivity index is 1.46. The summed E-state index contributed by atoms with van der Waals surface area (Å²) in [6.45, 7) is 2.54. The number of aromatic amines is 1. The molecule has 20 heteroatoms. The molecule has 4 rings (SSSR count). The lowest BCUT2D eigenvalue weighted by Crippen LogP contribution is -2.68. The maximum Gasteiger partial charge on any atom is 0.330 e. The quantitative estimate of drug-likeness (QED) is 0.0457. The molecule has 15 atom stereocenters. The van der Waals surface area contributed by atoms with E-state index >= 15 is 0 Å². The molecule has 1 aromatic rings. The number of unbranched alkanes of at least 4 members (excludes halogenated alkanes) is 10. The molecular formula is C38H62N4O16. The second kappa shape index (κ2) is 23.0. The van der Waals surface area contributed by atoms with Gasteiger partial charge >= 0.3 is 5.69 Å². The minimum absolute atomic E-state index is 0.597. The van der Waals surface area contributed by atoms with E-state index in [9.17, 15) is 60.0 Å². The molecule has 2 amide bonds. The minimum atomic E-state index is -1.85. The van der Waals surface area contributed by atoms with Crippen LogP contribution in [0.5, 0.6) is 0 Å². The highest BCUT2D eigenvalue weighted by Gasteiger charge is 2.53. The van der Waals surface area contributed by atoms with Crippen LogP contribution in [-0.2, 0) is 28.5 Å². The van der Waals surface area contributed by atoms with Crippen molar-refractivity contribution in [1.29, 1.82) is 0 Å². The fourth-order valence-corrected chi connectivity index (χ4v) is 7.50. The zero-order valence-corrected chi connectivity index (χ0v) is 33.0. The molecule has 1 aromatic heterocycles. The predicted molar refractivity (Wildman–Crippen MR) is 203 cm³/mol. The fraction of sp³-hybridized carbons (Fsp3) is 0.789. The lowest BCUT2D eigenvalue weighted by molar-refractivity contribution is -0.346. The largest absolute Gasteiger partial charge is 0.394 e. The summed E-state index contributed by atoms with van der Waals surface area (Å²) in [6, 6.07) is -2.01. The van der Waals surface area contributed by atoms with Gasteiger partial charge in [-0.05, 0) is 18.9 Å². The molecule has 0 spiro atoms. The first-order chi connectivity index (χ1) is 27.7. The van der Waals surface area contributed by atoms with Crippen molar-refractivity contribution < 1.29 is 69.4 Å². The summed E-state index contributed by atoms with van der Waals surface area (Å²) in [7, 11) is 0. The molecular weight excluding hydrogens is 768 g/mol. The Labute approximate surface area is 335 Å². The van der Waals surface area contributed by atoms with Gasteiger partial charge in [0, 0.05) is 25.6 Å². The van der Waals surface area contributed by atoms with Crippen molar-refractivity contribution in [1.82, 2.24) is 20.2 Å². The van der Waals surface area contributed by atoms with Crippen LogP contribution in [0, 0.1) is 0 Å². The molecule has 58 heavy (non-hydrogen) atoms. The average molecular weight is 831 g/mol. The molecule has 330 valence electrons. The number of aliphatic hydroxyl groups is 8. The molecule has 0 radical (unpaired) electrons. The molecule has 11 N–H and O–H groups in total. The van der Waals surface area contributed by atoms with Crippen LogP contribution < -0.4 is 21.9 Å². The van der Waals surface area contributed by atoms with E-state index in [1.54, 1.807) is 6.08 Å². The minimum Gasteiger partial charge on any atom is -0.394 e. The number of H-pyrrole nitrogens is 1. The Bertz CT molecular complexity index is 1580. The van der Waals surface area contributed by atoms with Crippen molar-refractivity contribution in [3.63, 3.8) is 0 Å². The standard InChI is InChI=1S/C38H62N4O16/c1-3-4-5-6-7-8-9-10-11-12-13-14-15-24(46)40-27-31(51)28(48)22(55-37(27)58-36-26(39-20(2)44)30(50)29(49)23(19-43)56-36)18-21(45)34-32(52)33(53)35(57-34)42-17-16-25(47)41-38(42)54/h14-17,21-23,26-37,43,45,48-53H,3-13,18-19H2,1-2H3,(H,39,44)(H,40,46)(H,41,47,54)/b15-14+/t21-,22-,23-,26-,27-,28+,29-,30-,31-,32+,33-,34-,35-,36-,37+/m1/s1. The van der Waals surface area contributed by atoms with Gasteiger partial charge in [-0.3, -0.25) is 23.9 Å². The fourth-order valence-electron chi connectivity index (χ4n) is 7.50. The van der Waals surface area contributed by atoms with E-state index in [1.807, 2.05) is 4.98 Å². The number of nitrogens with zero attached hydrogens (tertiary/aromatic N) is 1. The number of aliphatic hydroxyl groups excluding tert-OH is 8. The molecule has 3 aliphatic rings. The van der Waals surface area contributed by atoms with Crippen LogP contribution in [-0.4, -0.2) is 155 Å². The number of carbonyl (C=O) groups is 2. The summed E-state index contributed by atoms with van der Waals surface area (Å²) in [5.41, 5.74) is -1.68. The number of amides is 2. The Morgan fingerprint density at radius 3 is 1.97 bits per heavy atom. The van der Waals surface area contributed by atoms with Crippen molar-refractivity contribution in [3.05, 3.63) is 45.3 Å². The number of hydrogen-bond donors (Lipinski definition) is 11. The van der Waals surface area contributed by atoms with E-state index < -0.39 is 128 Å². The Morgan fingerprint density at radius 1 is 0.810 bits per heavy atom. The molecule has 0 unspecified atom stereocenters. The van der Waals surface area contributed by atoms with Crippen molar-refractivity contribution in [2.75, 3.05) is 6.61 Å². The number of ether oxygens (including phenoxy) is 4. The summed E-state index contributed by atoms with van der Waals surface area (Å²) >= 11 is 0. The number of nitrogens with one attached hydrogen (secondary N) is 3. The maximum absolute atomic E-state index is 13.1. The van der Waals surface area contributed by atoms with Crippen molar-refractivity contribution in [2.45, 2.75) is 183 Å². The van der Waals surface area contributed by atoms with Crippen LogP contribution >= 0.6 is 0 Å². The second-order valence-electron chi connectivity index (χ2n) is 15.3. The van der Waals surface area contributed by atoms with Crippen LogP contribution in [0.4, 0.5) is 0 Å². The molecule has 0 aliphatic carbocycles. The van der Waals surface area contributed by atoms with Crippen LogP contribution in [0.1, 0.15) is 97.1 Å².